The molecule has 0 saturated carbocycles. The van der Waals surface area contributed by atoms with Gasteiger partial charge >= 0.3 is 0 Å². The van der Waals surface area contributed by atoms with Crippen LogP contribution in [0, 0.1) is 6.92 Å². The standard InChI is InChI=1S/C15H24N2OS2/c1-5-12-15(18)17(9-8-10(2)19-4)14(16-12)13-7-6-11(3)20-13/h6-7,10,12,14,16H,5,8-9H2,1-4H3. The molecule has 2 heterocycles. The summed E-state index contributed by atoms with van der Waals surface area (Å²) in [5, 5.41) is 4.08. The molecule has 0 bridgehead atoms. The van der Waals surface area contributed by atoms with Crippen molar-refractivity contribution in [1.82, 2.24) is 10.2 Å². The quantitative estimate of drug-likeness (QED) is 0.873. The minimum absolute atomic E-state index is 0.0213. The minimum Gasteiger partial charge on any atom is -0.321 e. The zero-order valence-electron chi connectivity index (χ0n) is 12.7. The Morgan fingerprint density at radius 3 is 2.80 bits per heavy atom. The van der Waals surface area contributed by atoms with Crippen LogP contribution >= 0.6 is 23.1 Å². The van der Waals surface area contributed by atoms with E-state index >= 15 is 0 Å². The third-order valence-corrected chi connectivity index (χ3v) is 5.96. The first-order valence-corrected chi connectivity index (χ1v) is 9.33. The second-order valence-corrected chi connectivity index (χ2v) is 7.94. The summed E-state index contributed by atoms with van der Waals surface area (Å²) in [7, 11) is 0. The SMILES string of the molecule is CCC1NC(c2ccc(C)s2)N(CCC(C)SC)C1=O. The van der Waals surface area contributed by atoms with Crippen LogP contribution in [0.3, 0.4) is 0 Å². The maximum Gasteiger partial charge on any atom is 0.241 e. The lowest BCUT2D eigenvalue weighted by Gasteiger charge is -2.24. The molecule has 112 valence electrons. The Morgan fingerprint density at radius 2 is 2.25 bits per heavy atom. The minimum atomic E-state index is -0.0213. The first-order chi connectivity index (χ1) is 9.56. The van der Waals surface area contributed by atoms with Gasteiger partial charge in [0.15, 0.2) is 0 Å². The van der Waals surface area contributed by atoms with E-state index in [1.54, 1.807) is 11.3 Å². The summed E-state index contributed by atoms with van der Waals surface area (Å²) in [6.45, 7) is 7.24. The molecule has 0 radical (unpaired) electrons. The van der Waals surface area contributed by atoms with Crippen molar-refractivity contribution in [2.75, 3.05) is 12.8 Å². The van der Waals surface area contributed by atoms with Crippen LogP contribution in [0.25, 0.3) is 0 Å². The van der Waals surface area contributed by atoms with Gasteiger partial charge in [-0.1, -0.05) is 13.8 Å². The van der Waals surface area contributed by atoms with E-state index in [2.05, 4.69) is 44.5 Å². The maximum atomic E-state index is 12.5. The highest BCUT2D eigenvalue weighted by atomic mass is 32.2. The zero-order chi connectivity index (χ0) is 14.7. The molecule has 3 atom stereocenters. The monoisotopic (exact) mass is 312 g/mol. The number of aryl methyl sites for hydroxylation is 1. The number of carbonyl (C=O) groups excluding carboxylic acids is 1. The van der Waals surface area contributed by atoms with Gasteiger partial charge in [0.2, 0.25) is 5.91 Å². The molecule has 1 saturated heterocycles. The van der Waals surface area contributed by atoms with Gasteiger partial charge in [-0.05, 0) is 38.2 Å². The number of hydrogen-bond donors (Lipinski definition) is 1. The fourth-order valence-corrected chi connectivity index (χ4v) is 3.78. The largest absolute Gasteiger partial charge is 0.321 e. The number of carbonyl (C=O) groups is 1. The van der Waals surface area contributed by atoms with Crippen LogP contribution in [0.2, 0.25) is 0 Å². The number of nitrogens with zero attached hydrogens (tertiary/aromatic N) is 1. The second-order valence-electron chi connectivity index (χ2n) is 5.35. The summed E-state index contributed by atoms with van der Waals surface area (Å²) < 4.78 is 0. The normalized spacial score (nSPS) is 24.4. The molecule has 5 heteroatoms. The van der Waals surface area contributed by atoms with Gasteiger partial charge in [0, 0.05) is 21.5 Å². The Bertz CT molecular complexity index is 460. The third-order valence-electron chi connectivity index (χ3n) is 3.87. The van der Waals surface area contributed by atoms with Crippen LogP contribution in [0.15, 0.2) is 12.1 Å². The lowest BCUT2D eigenvalue weighted by molar-refractivity contribution is -0.130. The van der Waals surface area contributed by atoms with Crippen LogP contribution in [-0.4, -0.2) is 34.9 Å². The van der Waals surface area contributed by atoms with E-state index in [0.717, 1.165) is 19.4 Å². The van der Waals surface area contributed by atoms with E-state index in [1.807, 2.05) is 16.7 Å². The van der Waals surface area contributed by atoms with Crippen LogP contribution in [0.5, 0.6) is 0 Å². The average molecular weight is 313 g/mol. The number of thioether (sulfide) groups is 1. The summed E-state index contributed by atoms with van der Waals surface area (Å²) in [6.07, 6.45) is 4.10. The van der Waals surface area contributed by atoms with Gasteiger partial charge in [-0.2, -0.15) is 11.8 Å². The highest BCUT2D eigenvalue weighted by Crippen LogP contribution is 2.31. The van der Waals surface area contributed by atoms with Crippen molar-refractivity contribution in [3.63, 3.8) is 0 Å². The first kappa shape index (κ1) is 15.9. The predicted octanol–water partition coefficient (Wildman–Crippen LogP) is 3.41. The van der Waals surface area contributed by atoms with Crippen molar-refractivity contribution in [3.05, 3.63) is 21.9 Å². The fourth-order valence-electron chi connectivity index (χ4n) is 2.49. The van der Waals surface area contributed by atoms with Crippen molar-refractivity contribution in [2.24, 2.45) is 0 Å². The summed E-state index contributed by atoms with van der Waals surface area (Å²) in [5.41, 5.74) is 0. The zero-order valence-corrected chi connectivity index (χ0v) is 14.3. The lowest BCUT2D eigenvalue weighted by Crippen LogP contribution is -2.32. The van der Waals surface area contributed by atoms with Gasteiger partial charge in [0.05, 0.1) is 6.04 Å². The van der Waals surface area contributed by atoms with Crippen LogP contribution < -0.4 is 5.32 Å². The van der Waals surface area contributed by atoms with Gasteiger partial charge in [0.25, 0.3) is 0 Å². The summed E-state index contributed by atoms with van der Waals surface area (Å²) in [6, 6.07) is 4.26. The molecule has 3 unspecified atom stereocenters. The number of thiophene rings is 1. The van der Waals surface area contributed by atoms with Crippen molar-refractivity contribution in [2.45, 2.75) is 51.1 Å². The van der Waals surface area contributed by atoms with Gasteiger partial charge in [0.1, 0.15) is 6.17 Å². The molecular formula is C15H24N2OS2. The summed E-state index contributed by atoms with van der Waals surface area (Å²) in [5.74, 6) is 0.261. The molecule has 20 heavy (non-hydrogen) atoms. The molecule has 0 spiro atoms. The van der Waals surface area contributed by atoms with Gasteiger partial charge in [-0.25, -0.2) is 0 Å². The Morgan fingerprint density at radius 1 is 1.50 bits per heavy atom. The summed E-state index contributed by atoms with van der Waals surface area (Å²) >= 11 is 3.64. The van der Waals surface area contributed by atoms with Gasteiger partial charge < -0.3 is 4.90 Å². The highest BCUT2D eigenvalue weighted by molar-refractivity contribution is 7.99. The molecule has 0 aliphatic carbocycles. The highest BCUT2D eigenvalue weighted by Gasteiger charge is 2.38. The van der Waals surface area contributed by atoms with Crippen LogP contribution in [0.4, 0.5) is 0 Å². The van der Waals surface area contributed by atoms with Crippen LogP contribution in [-0.2, 0) is 4.79 Å². The Kier molecular flexibility index (Phi) is 5.52. The van der Waals surface area contributed by atoms with Crippen LogP contribution in [0.1, 0.15) is 42.6 Å². The molecule has 0 aromatic carbocycles. The van der Waals surface area contributed by atoms with Crippen molar-refractivity contribution in [1.29, 1.82) is 0 Å². The number of rotatable bonds is 6. The molecule has 1 aliphatic heterocycles. The van der Waals surface area contributed by atoms with Gasteiger partial charge in [-0.3, -0.25) is 10.1 Å². The van der Waals surface area contributed by atoms with Crippen molar-refractivity contribution < 1.29 is 4.79 Å². The molecule has 1 N–H and O–H groups in total. The van der Waals surface area contributed by atoms with E-state index in [9.17, 15) is 4.79 Å². The molecule has 2 rings (SSSR count). The van der Waals surface area contributed by atoms with E-state index < -0.39 is 0 Å². The number of amides is 1. The number of nitrogens with one attached hydrogen (secondary N) is 1. The third kappa shape index (κ3) is 3.38. The number of hydrogen-bond acceptors (Lipinski definition) is 4. The smallest absolute Gasteiger partial charge is 0.241 e. The molecule has 1 fully saturated rings. The van der Waals surface area contributed by atoms with Crippen molar-refractivity contribution in [3.8, 4) is 0 Å². The fraction of sp³-hybridized carbons (Fsp3) is 0.667. The molecule has 1 aromatic heterocycles. The Hall–Kier alpha value is -0.520. The van der Waals surface area contributed by atoms with Gasteiger partial charge in [-0.15, -0.1) is 11.3 Å². The van der Waals surface area contributed by atoms with E-state index in [4.69, 9.17) is 0 Å². The van der Waals surface area contributed by atoms with E-state index in [1.165, 1.54) is 9.75 Å². The average Bonchev–Trinajstić information content (AvgIpc) is 3.00. The molecule has 1 aliphatic rings. The Balaban J connectivity index is 2.12. The predicted molar refractivity (Wildman–Crippen MR) is 88.3 cm³/mol. The Labute approximate surface area is 130 Å². The first-order valence-electron chi connectivity index (χ1n) is 7.22. The topological polar surface area (TPSA) is 32.3 Å². The molecule has 1 aromatic rings. The molecule has 1 amide bonds. The maximum absolute atomic E-state index is 12.5. The van der Waals surface area contributed by atoms with E-state index in [-0.39, 0.29) is 18.1 Å². The van der Waals surface area contributed by atoms with Crippen molar-refractivity contribution >= 4 is 29.0 Å². The summed E-state index contributed by atoms with van der Waals surface area (Å²) in [4.78, 5) is 17.1. The lowest BCUT2D eigenvalue weighted by atomic mass is 10.2. The van der Waals surface area contributed by atoms with E-state index in [0.29, 0.717) is 5.25 Å². The molecule has 3 nitrogen and oxygen atoms in total. The molecular weight excluding hydrogens is 288 g/mol. The second kappa shape index (κ2) is 6.96.